The first-order chi connectivity index (χ1) is 11.9. The van der Waals surface area contributed by atoms with Crippen LogP contribution in [-0.2, 0) is 9.31 Å². The van der Waals surface area contributed by atoms with Crippen LogP contribution in [0.5, 0.6) is 5.75 Å². The zero-order chi connectivity index (χ0) is 19.8. The monoisotopic (exact) mass is 359 g/mol. The van der Waals surface area contributed by atoms with E-state index >= 15 is 0 Å². The molecule has 26 heavy (non-hydrogen) atoms. The van der Waals surface area contributed by atoms with Crippen molar-refractivity contribution >= 4 is 12.7 Å². The normalized spacial score (nSPS) is 20.7. The maximum absolute atomic E-state index is 6.06. The Balaban J connectivity index is 2.10. The molecule has 142 valence electrons. The molecule has 2 rings (SSSR count). The number of aromatic nitrogens is 1. The van der Waals surface area contributed by atoms with E-state index in [2.05, 4.69) is 23.7 Å². The first kappa shape index (κ1) is 20.7. The summed E-state index contributed by atoms with van der Waals surface area (Å²) in [7, 11) is -0.474. The second kappa shape index (κ2) is 7.21. The van der Waals surface area contributed by atoms with Crippen LogP contribution in [0.3, 0.4) is 0 Å². The molecule has 0 saturated carbocycles. The lowest BCUT2D eigenvalue weighted by Crippen LogP contribution is -2.41. The Hall–Kier alpha value is -1.58. The Labute approximate surface area is 158 Å². The van der Waals surface area contributed by atoms with Crippen molar-refractivity contribution < 1.29 is 14.0 Å². The third kappa shape index (κ3) is 4.39. The highest BCUT2D eigenvalue weighted by molar-refractivity contribution is 6.61. The van der Waals surface area contributed by atoms with Crippen LogP contribution in [0.4, 0.5) is 0 Å². The summed E-state index contributed by atoms with van der Waals surface area (Å²) in [6, 6.07) is 3.80. The van der Waals surface area contributed by atoms with Crippen LogP contribution in [0.15, 0.2) is 12.1 Å². The van der Waals surface area contributed by atoms with Crippen LogP contribution < -0.4 is 10.3 Å². The van der Waals surface area contributed by atoms with E-state index in [1.807, 2.05) is 53.7 Å². The number of ether oxygens (including phenoxy) is 1. The Morgan fingerprint density at radius 2 is 1.81 bits per heavy atom. The molecule has 0 N–H and O–H groups in total. The van der Waals surface area contributed by atoms with Gasteiger partial charge in [0.25, 0.3) is 6.57 Å². The molecule has 0 unspecified atom stereocenters. The highest BCUT2D eigenvalue weighted by Crippen LogP contribution is 2.36. The van der Waals surface area contributed by atoms with E-state index in [4.69, 9.17) is 20.6 Å². The first-order valence-corrected chi connectivity index (χ1v) is 9.27. The highest BCUT2D eigenvalue weighted by atomic mass is 16.7. The fourth-order valence-electron chi connectivity index (χ4n) is 3.08. The van der Waals surface area contributed by atoms with Crippen LogP contribution in [0, 0.1) is 19.4 Å². The smallest absolute Gasteiger partial charge is 0.483 e. The quantitative estimate of drug-likeness (QED) is 0.724. The number of pyridine rings is 1. The fraction of sp³-hybridized carbons (Fsp3) is 0.700. The number of nitrogens with zero attached hydrogens (tertiary/aromatic N) is 2. The molecule has 1 aromatic rings. The van der Waals surface area contributed by atoms with Gasteiger partial charge in [0.2, 0.25) is 0 Å². The van der Waals surface area contributed by atoms with E-state index in [1.165, 1.54) is 0 Å². The van der Waals surface area contributed by atoms with Crippen molar-refractivity contribution in [2.45, 2.75) is 78.6 Å². The number of hydrogen-bond acceptors (Lipinski definition) is 4. The van der Waals surface area contributed by atoms with E-state index in [1.54, 1.807) is 0 Å². The Morgan fingerprint density at radius 1 is 1.23 bits per heavy atom. The molecule has 0 amide bonds. The highest BCUT2D eigenvalue weighted by Gasteiger charge is 2.52. The zero-order valence-electron chi connectivity index (χ0n) is 17.4. The molecular formula is C20H32BN2O3+. The third-order valence-corrected chi connectivity index (χ3v) is 5.25. The predicted molar refractivity (Wildman–Crippen MR) is 106 cm³/mol. The van der Waals surface area contributed by atoms with Gasteiger partial charge in [-0.05, 0) is 52.7 Å². The largest absolute Gasteiger partial charge is 0.514 e. The van der Waals surface area contributed by atoms with Gasteiger partial charge < -0.3 is 14.0 Å². The summed E-state index contributed by atoms with van der Waals surface area (Å²) in [4.78, 5) is 8.67. The van der Waals surface area contributed by atoms with Crippen molar-refractivity contribution in [2.75, 3.05) is 6.61 Å². The second-order valence-electron chi connectivity index (χ2n) is 8.92. The molecule has 0 bridgehead atoms. The van der Waals surface area contributed by atoms with Crippen molar-refractivity contribution in [3.63, 3.8) is 0 Å². The van der Waals surface area contributed by atoms with Crippen molar-refractivity contribution in [1.29, 1.82) is 0 Å². The van der Waals surface area contributed by atoms with Gasteiger partial charge in [-0.3, -0.25) is 4.98 Å². The molecular weight excluding hydrogens is 327 g/mol. The van der Waals surface area contributed by atoms with Gasteiger partial charge in [0, 0.05) is 13.3 Å². The second-order valence-corrected chi connectivity index (χ2v) is 8.92. The molecule has 1 aliphatic heterocycles. The molecule has 0 radical (unpaired) electrons. The summed E-state index contributed by atoms with van der Waals surface area (Å²) in [6.45, 7) is 22.4. The maximum atomic E-state index is 6.06. The van der Waals surface area contributed by atoms with Gasteiger partial charge in [-0.1, -0.05) is 18.7 Å². The van der Waals surface area contributed by atoms with E-state index in [9.17, 15) is 0 Å². The summed E-state index contributed by atoms with van der Waals surface area (Å²) in [5.74, 6) is 1.21. The fourth-order valence-corrected chi connectivity index (χ4v) is 3.08. The van der Waals surface area contributed by atoms with Crippen molar-refractivity contribution in [3.05, 3.63) is 22.7 Å². The Bertz CT molecular complexity index is 681. The van der Waals surface area contributed by atoms with Crippen molar-refractivity contribution in [2.24, 2.45) is 5.92 Å². The van der Waals surface area contributed by atoms with E-state index < -0.39 is 12.7 Å². The van der Waals surface area contributed by atoms with Crippen LogP contribution in [0.2, 0.25) is 0 Å². The molecule has 0 aromatic carbocycles. The Kier molecular flexibility index (Phi) is 5.75. The molecule has 1 aliphatic rings. The predicted octanol–water partition coefficient (Wildman–Crippen LogP) is 3.84. The van der Waals surface area contributed by atoms with Gasteiger partial charge >= 0.3 is 12.7 Å². The SMILES string of the molecule is C#[N+][C@](C)(COc1ccc(B2OC(C)(C)C(C)(C)O2)nc1C)CC(C)C. The molecule has 1 atom stereocenters. The number of rotatable bonds is 6. The summed E-state index contributed by atoms with van der Waals surface area (Å²) in [5.41, 5.74) is 0.362. The Morgan fingerprint density at radius 3 is 2.27 bits per heavy atom. The van der Waals surface area contributed by atoms with Gasteiger partial charge in [0.1, 0.15) is 5.75 Å². The van der Waals surface area contributed by atoms with Crippen molar-refractivity contribution in [1.82, 2.24) is 4.98 Å². The van der Waals surface area contributed by atoms with Crippen LogP contribution in [0.1, 0.15) is 60.6 Å². The molecule has 1 fully saturated rings. The summed E-state index contributed by atoms with van der Waals surface area (Å²) in [6.07, 6.45) is 0.863. The van der Waals surface area contributed by atoms with Crippen molar-refractivity contribution in [3.8, 4) is 12.3 Å². The third-order valence-electron chi connectivity index (χ3n) is 5.25. The first-order valence-electron chi connectivity index (χ1n) is 9.27. The average molecular weight is 359 g/mol. The minimum absolute atomic E-state index is 0.385. The summed E-state index contributed by atoms with van der Waals surface area (Å²) >= 11 is 0. The van der Waals surface area contributed by atoms with Crippen LogP contribution in [-0.4, -0.2) is 35.5 Å². The molecule has 6 heteroatoms. The molecule has 1 saturated heterocycles. The molecule has 0 aliphatic carbocycles. The van der Waals surface area contributed by atoms with Crippen LogP contribution >= 0.6 is 0 Å². The molecule has 0 spiro atoms. The minimum Gasteiger partial charge on any atom is -0.483 e. The zero-order valence-corrected chi connectivity index (χ0v) is 17.4. The molecule has 5 nitrogen and oxygen atoms in total. The summed E-state index contributed by atoms with van der Waals surface area (Å²) < 4.78 is 18.1. The van der Waals surface area contributed by atoms with Gasteiger partial charge in [0.05, 0.1) is 22.5 Å². The van der Waals surface area contributed by atoms with Gasteiger partial charge in [-0.25, -0.2) is 0 Å². The molecule has 1 aromatic heterocycles. The summed E-state index contributed by atoms with van der Waals surface area (Å²) in [5, 5.41) is 0. The topological polar surface area (TPSA) is 44.9 Å². The van der Waals surface area contributed by atoms with E-state index in [0.29, 0.717) is 12.5 Å². The standard InChI is InChI=1S/C20H32BN2O3/c1-14(2)12-20(8,22-9)13-24-16-10-11-17(23-15(16)3)21-25-18(4,5)19(6,7)26-21/h9-11,14H,12-13H2,1-8H3/q+1/t20-/m0/s1. The lowest BCUT2D eigenvalue weighted by atomic mass is 9.84. The minimum atomic E-state index is -0.474. The van der Waals surface area contributed by atoms with E-state index in [0.717, 1.165) is 23.5 Å². The molecule has 2 heterocycles. The van der Waals surface area contributed by atoms with Gasteiger partial charge in [-0.2, -0.15) is 0 Å². The van der Waals surface area contributed by atoms with Gasteiger partial charge in [0.15, 0.2) is 6.61 Å². The van der Waals surface area contributed by atoms with Crippen LogP contribution in [0.25, 0.3) is 4.85 Å². The van der Waals surface area contributed by atoms with E-state index in [-0.39, 0.29) is 11.2 Å². The average Bonchev–Trinajstić information content (AvgIpc) is 2.73. The lowest BCUT2D eigenvalue weighted by molar-refractivity contribution is 0.00578. The van der Waals surface area contributed by atoms with Gasteiger partial charge in [-0.15, -0.1) is 0 Å². The number of aryl methyl sites for hydroxylation is 1. The lowest BCUT2D eigenvalue weighted by Gasteiger charge is -2.32. The number of hydrogen-bond donors (Lipinski definition) is 0. The maximum Gasteiger partial charge on any atom is 0.514 e.